The molecule has 1 aromatic carbocycles. The van der Waals surface area contributed by atoms with Crippen LogP contribution in [0.4, 0.5) is 5.82 Å². The van der Waals surface area contributed by atoms with Crippen molar-refractivity contribution in [2.45, 2.75) is 26.7 Å². The summed E-state index contributed by atoms with van der Waals surface area (Å²) < 4.78 is 6.67. The number of hydrogen-bond donors (Lipinski definition) is 0. The van der Waals surface area contributed by atoms with Gasteiger partial charge >= 0.3 is 0 Å². The Morgan fingerprint density at radius 3 is 2.54 bits per heavy atom. The fourth-order valence-electron chi connectivity index (χ4n) is 2.62. The van der Waals surface area contributed by atoms with E-state index in [2.05, 4.69) is 25.9 Å². The van der Waals surface area contributed by atoms with Gasteiger partial charge in [-0.05, 0) is 41.9 Å². The highest BCUT2D eigenvalue weighted by molar-refractivity contribution is 9.10. The lowest BCUT2D eigenvalue weighted by Crippen LogP contribution is -2.31. The van der Waals surface area contributed by atoms with Crippen LogP contribution >= 0.6 is 15.9 Å². The molecular formula is C20H20BrN3O2. The van der Waals surface area contributed by atoms with Crippen LogP contribution in [-0.2, 0) is 11.2 Å². The maximum atomic E-state index is 12.6. The van der Waals surface area contributed by atoms with Crippen LogP contribution in [0.25, 0.3) is 11.3 Å². The largest absolute Gasteiger partial charge is 0.441 e. The molecule has 1 amide bonds. The first kappa shape index (κ1) is 18.3. The fraction of sp³-hybridized carbons (Fsp3) is 0.250. The number of rotatable bonds is 6. The molecule has 0 unspecified atom stereocenters. The van der Waals surface area contributed by atoms with Crippen LogP contribution < -0.4 is 4.90 Å². The van der Waals surface area contributed by atoms with Crippen molar-refractivity contribution in [2.75, 3.05) is 11.4 Å². The first-order valence-electron chi connectivity index (χ1n) is 8.50. The average Bonchev–Trinajstić information content (AvgIpc) is 3.12. The van der Waals surface area contributed by atoms with Crippen molar-refractivity contribution in [3.63, 3.8) is 0 Å². The summed E-state index contributed by atoms with van der Waals surface area (Å²) in [5.74, 6) is 1.92. The smallest absolute Gasteiger partial charge is 0.228 e. The van der Waals surface area contributed by atoms with E-state index in [1.54, 1.807) is 17.3 Å². The Labute approximate surface area is 161 Å². The zero-order valence-electron chi connectivity index (χ0n) is 14.8. The number of aromatic nitrogens is 2. The quantitative estimate of drug-likeness (QED) is 0.582. The highest BCUT2D eigenvalue weighted by Crippen LogP contribution is 2.22. The van der Waals surface area contributed by atoms with E-state index < -0.39 is 0 Å². The second kappa shape index (κ2) is 8.27. The molecule has 0 saturated heterocycles. The van der Waals surface area contributed by atoms with Gasteiger partial charge in [0.25, 0.3) is 0 Å². The van der Waals surface area contributed by atoms with Crippen LogP contribution in [0.15, 0.2) is 57.7 Å². The molecule has 134 valence electrons. The second-order valence-electron chi connectivity index (χ2n) is 5.96. The van der Waals surface area contributed by atoms with Gasteiger partial charge in [0.05, 0.1) is 6.20 Å². The molecule has 26 heavy (non-hydrogen) atoms. The lowest BCUT2D eigenvalue weighted by molar-refractivity contribution is -0.118. The van der Waals surface area contributed by atoms with Gasteiger partial charge in [-0.15, -0.1) is 0 Å². The van der Waals surface area contributed by atoms with Crippen LogP contribution in [0.2, 0.25) is 0 Å². The van der Waals surface area contributed by atoms with Crippen molar-refractivity contribution in [3.05, 3.63) is 64.7 Å². The lowest BCUT2D eigenvalue weighted by atomic mass is 10.1. The van der Waals surface area contributed by atoms with E-state index >= 15 is 0 Å². The second-order valence-corrected chi connectivity index (χ2v) is 6.87. The summed E-state index contributed by atoms with van der Waals surface area (Å²) in [7, 11) is 0. The molecule has 5 nitrogen and oxygen atoms in total. The molecule has 0 aliphatic rings. The Hall–Kier alpha value is -2.47. The van der Waals surface area contributed by atoms with Gasteiger partial charge in [0, 0.05) is 35.6 Å². The molecule has 0 aliphatic carbocycles. The SMILES string of the molecule is CCN(C(=O)CCc1ncc(-c2ccc(C)cc2)o1)c1ccc(Br)cn1. The minimum Gasteiger partial charge on any atom is -0.441 e. The van der Waals surface area contributed by atoms with Crippen molar-refractivity contribution < 1.29 is 9.21 Å². The summed E-state index contributed by atoms with van der Waals surface area (Å²) in [6.07, 6.45) is 4.17. The van der Waals surface area contributed by atoms with Gasteiger partial charge in [0.15, 0.2) is 11.7 Å². The summed E-state index contributed by atoms with van der Waals surface area (Å²) in [5, 5.41) is 0. The van der Waals surface area contributed by atoms with E-state index in [1.807, 2.05) is 50.2 Å². The zero-order chi connectivity index (χ0) is 18.5. The third-order valence-electron chi connectivity index (χ3n) is 4.05. The Balaban J connectivity index is 1.63. The first-order chi connectivity index (χ1) is 12.6. The van der Waals surface area contributed by atoms with Crippen molar-refractivity contribution in [3.8, 4) is 11.3 Å². The van der Waals surface area contributed by atoms with Crippen molar-refractivity contribution >= 4 is 27.7 Å². The van der Waals surface area contributed by atoms with Crippen LogP contribution in [0.3, 0.4) is 0 Å². The van der Waals surface area contributed by atoms with Crippen LogP contribution in [0, 0.1) is 6.92 Å². The summed E-state index contributed by atoms with van der Waals surface area (Å²) in [4.78, 5) is 22.8. The molecule has 0 aliphatic heterocycles. The van der Waals surface area contributed by atoms with Gasteiger partial charge in [0.1, 0.15) is 5.82 Å². The topological polar surface area (TPSA) is 59.2 Å². The number of oxazole rings is 1. The maximum Gasteiger partial charge on any atom is 0.228 e. The molecule has 3 rings (SSSR count). The Morgan fingerprint density at radius 2 is 1.88 bits per heavy atom. The normalized spacial score (nSPS) is 10.7. The number of carbonyl (C=O) groups is 1. The van der Waals surface area contributed by atoms with E-state index in [0.717, 1.165) is 15.8 Å². The number of nitrogens with zero attached hydrogens (tertiary/aromatic N) is 3. The lowest BCUT2D eigenvalue weighted by Gasteiger charge is -2.19. The molecule has 0 N–H and O–H groups in total. The Bertz CT molecular complexity index is 873. The molecule has 0 saturated carbocycles. The van der Waals surface area contributed by atoms with Crippen molar-refractivity contribution in [2.24, 2.45) is 0 Å². The Morgan fingerprint density at radius 1 is 1.12 bits per heavy atom. The number of anilines is 1. The van der Waals surface area contributed by atoms with Gasteiger partial charge in [-0.2, -0.15) is 0 Å². The number of carbonyl (C=O) groups excluding carboxylic acids is 1. The standard InChI is InChI=1S/C20H20BrN3O2/c1-3-24(18-9-8-16(21)12-22-18)20(25)11-10-19-23-13-17(26-19)15-6-4-14(2)5-7-15/h4-9,12-13H,3,10-11H2,1-2H3. The number of halogens is 1. The summed E-state index contributed by atoms with van der Waals surface area (Å²) >= 11 is 3.35. The molecule has 0 atom stereocenters. The van der Waals surface area contributed by atoms with Crippen LogP contribution in [0.5, 0.6) is 0 Å². The molecule has 0 fully saturated rings. The van der Waals surface area contributed by atoms with Gasteiger partial charge in [-0.1, -0.05) is 29.8 Å². The van der Waals surface area contributed by atoms with Gasteiger partial charge in [-0.25, -0.2) is 9.97 Å². The van der Waals surface area contributed by atoms with Gasteiger partial charge in [0.2, 0.25) is 5.91 Å². The third kappa shape index (κ3) is 4.38. The first-order valence-corrected chi connectivity index (χ1v) is 9.30. The predicted molar refractivity (Wildman–Crippen MR) is 105 cm³/mol. The maximum absolute atomic E-state index is 12.6. The number of pyridine rings is 1. The van der Waals surface area contributed by atoms with E-state index in [0.29, 0.717) is 31.1 Å². The van der Waals surface area contributed by atoms with Crippen molar-refractivity contribution in [1.29, 1.82) is 0 Å². The highest BCUT2D eigenvalue weighted by Gasteiger charge is 2.16. The van der Waals surface area contributed by atoms with Gasteiger partial charge in [-0.3, -0.25) is 9.69 Å². The molecule has 6 heteroatoms. The molecule has 2 aromatic heterocycles. The predicted octanol–water partition coefficient (Wildman–Crippen LogP) is 4.79. The number of aryl methyl sites for hydroxylation is 2. The van der Waals surface area contributed by atoms with E-state index in [9.17, 15) is 4.79 Å². The van der Waals surface area contributed by atoms with Crippen LogP contribution in [0.1, 0.15) is 24.8 Å². The average molecular weight is 414 g/mol. The number of hydrogen-bond acceptors (Lipinski definition) is 4. The zero-order valence-corrected chi connectivity index (χ0v) is 16.4. The third-order valence-corrected chi connectivity index (χ3v) is 4.52. The molecule has 0 spiro atoms. The molecular weight excluding hydrogens is 394 g/mol. The minimum absolute atomic E-state index is 0.00240. The van der Waals surface area contributed by atoms with E-state index in [4.69, 9.17) is 4.42 Å². The van der Waals surface area contributed by atoms with E-state index in [1.165, 1.54) is 5.56 Å². The van der Waals surface area contributed by atoms with Gasteiger partial charge < -0.3 is 4.42 Å². The molecule has 0 bridgehead atoms. The number of benzene rings is 1. The Kier molecular flexibility index (Phi) is 5.83. The highest BCUT2D eigenvalue weighted by atomic mass is 79.9. The monoisotopic (exact) mass is 413 g/mol. The molecule has 0 radical (unpaired) electrons. The molecule has 2 heterocycles. The fourth-order valence-corrected chi connectivity index (χ4v) is 2.85. The number of amides is 1. The summed E-state index contributed by atoms with van der Waals surface area (Å²) in [6, 6.07) is 11.8. The van der Waals surface area contributed by atoms with E-state index in [-0.39, 0.29) is 5.91 Å². The molecule has 3 aromatic rings. The van der Waals surface area contributed by atoms with Crippen molar-refractivity contribution in [1.82, 2.24) is 9.97 Å². The summed E-state index contributed by atoms with van der Waals surface area (Å²) in [5.41, 5.74) is 2.18. The van der Waals surface area contributed by atoms with Crippen LogP contribution in [-0.4, -0.2) is 22.4 Å². The minimum atomic E-state index is -0.00240. The summed E-state index contributed by atoms with van der Waals surface area (Å²) in [6.45, 7) is 4.54.